The highest BCUT2D eigenvalue weighted by Gasteiger charge is 2.22. The molecule has 0 bridgehead atoms. The van der Waals surface area contributed by atoms with E-state index in [1.54, 1.807) is 12.1 Å². The number of fused-ring (bicyclic) bond motifs is 1. The molecule has 1 atom stereocenters. The van der Waals surface area contributed by atoms with Crippen molar-refractivity contribution in [2.75, 3.05) is 0 Å². The van der Waals surface area contributed by atoms with Crippen molar-refractivity contribution in [2.45, 2.75) is 12.5 Å². The minimum atomic E-state index is -0.385. The molecule has 0 aromatic heterocycles. The van der Waals surface area contributed by atoms with Gasteiger partial charge >= 0.3 is 0 Å². The highest BCUT2D eigenvalue weighted by atomic mass is 16.6. The number of hydrazone groups is 1. The molecular formula is C19H15N3O2. The molecule has 24 heavy (non-hydrogen) atoms. The molecule has 1 aliphatic rings. The third-order valence-corrected chi connectivity index (χ3v) is 4.36. The standard InChI is InChI=1S/C19H15N3O2/c23-22(24)15-10-8-14(9-11-15)18-12-19(21-20-18)17-7-3-5-13-4-1-2-6-16(13)17/h1-11,18,20H,12H2. The quantitative estimate of drug-likeness (QED) is 0.582. The molecule has 118 valence electrons. The second-order valence-electron chi connectivity index (χ2n) is 5.82. The first kappa shape index (κ1) is 14.4. The van der Waals surface area contributed by atoms with Crippen LogP contribution in [0, 0.1) is 10.1 Å². The number of hydrogen-bond acceptors (Lipinski definition) is 4. The van der Waals surface area contributed by atoms with Crippen LogP contribution in [0.3, 0.4) is 0 Å². The van der Waals surface area contributed by atoms with Gasteiger partial charge in [-0.1, -0.05) is 54.6 Å². The summed E-state index contributed by atoms with van der Waals surface area (Å²) >= 11 is 0. The van der Waals surface area contributed by atoms with E-state index in [4.69, 9.17) is 0 Å². The first-order chi connectivity index (χ1) is 11.7. The third-order valence-electron chi connectivity index (χ3n) is 4.36. The summed E-state index contributed by atoms with van der Waals surface area (Å²) in [5.74, 6) is 0. The van der Waals surface area contributed by atoms with Crippen LogP contribution < -0.4 is 5.43 Å². The van der Waals surface area contributed by atoms with Gasteiger partial charge in [-0.15, -0.1) is 0 Å². The van der Waals surface area contributed by atoms with Crippen molar-refractivity contribution in [3.05, 3.63) is 88.0 Å². The van der Waals surface area contributed by atoms with Crippen molar-refractivity contribution in [3.63, 3.8) is 0 Å². The molecule has 0 saturated carbocycles. The fourth-order valence-corrected chi connectivity index (χ4v) is 3.11. The van der Waals surface area contributed by atoms with E-state index in [2.05, 4.69) is 34.8 Å². The van der Waals surface area contributed by atoms with E-state index in [-0.39, 0.29) is 16.7 Å². The summed E-state index contributed by atoms with van der Waals surface area (Å²) in [6.07, 6.45) is 0.756. The lowest BCUT2D eigenvalue weighted by Crippen LogP contribution is -2.09. The molecular weight excluding hydrogens is 302 g/mol. The van der Waals surface area contributed by atoms with Gasteiger partial charge in [-0.05, 0) is 16.3 Å². The predicted octanol–water partition coefficient (Wildman–Crippen LogP) is 4.19. The van der Waals surface area contributed by atoms with Crippen LogP contribution in [0.5, 0.6) is 0 Å². The number of nitrogens with one attached hydrogen (secondary N) is 1. The Labute approximate surface area is 138 Å². The second kappa shape index (κ2) is 5.77. The van der Waals surface area contributed by atoms with E-state index in [0.29, 0.717) is 0 Å². The normalized spacial score (nSPS) is 16.7. The Morgan fingerprint density at radius 1 is 1.00 bits per heavy atom. The number of non-ortho nitro benzene ring substituents is 1. The lowest BCUT2D eigenvalue weighted by atomic mass is 9.95. The molecule has 1 heterocycles. The van der Waals surface area contributed by atoms with E-state index in [1.807, 2.05) is 18.2 Å². The summed E-state index contributed by atoms with van der Waals surface area (Å²) in [5.41, 5.74) is 6.40. The minimum absolute atomic E-state index is 0.0415. The maximum atomic E-state index is 10.8. The largest absolute Gasteiger partial charge is 0.302 e. The predicted molar refractivity (Wildman–Crippen MR) is 94.1 cm³/mol. The van der Waals surface area contributed by atoms with Gasteiger partial charge in [0.1, 0.15) is 0 Å². The van der Waals surface area contributed by atoms with Gasteiger partial charge in [-0.3, -0.25) is 10.1 Å². The zero-order chi connectivity index (χ0) is 16.5. The van der Waals surface area contributed by atoms with E-state index >= 15 is 0 Å². The summed E-state index contributed by atoms with van der Waals surface area (Å²) in [7, 11) is 0. The average Bonchev–Trinajstić information content (AvgIpc) is 3.11. The van der Waals surface area contributed by atoms with Gasteiger partial charge in [0, 0.05) is 24.1 Å². The number of hydrogen-bond donors (Lipinski definition) is 1. The fraction of sp³-hybridized carbons (Fsp3) is 0.105. The molecule has 0 spiro atoms. The molecule has 0 amide bonds. The molecule has 3 aromatic carbocycles. The van der Waals surface area contributed by atoms with Gasteiger partial charge in [0.2, 0.25) is 0 Å². The molecule has 5 heteroatoms. The molecule has 0 aliphatic carbocycles. The van der Waals surface area contributed by atoms with E-state index in [0.717, 1.165) is 23.3 Å². The summed E-state index contributed by atoms with van der Waals surface area (Å²) in [6.45, 7) is 0. The Morgan fingerprint density at radius 3 is 2.54 bits per heavy atom. The highest BCUT2D eigenvalue weighted by Crippen LogP contribution is 2.28. The van der Waals surface area contributed by atoms with Crippen LogP contribution in [0.15, 0.2) is 71.8 Å². The van der Waals surface area contributed by atoms with Crippen LogP contribution >= 0.6 is 0 Å². The summed E-state index contributed by atoms with van der Waals surface area (Å²) < 4.78 is 0. The van der Waals surface area contributed by atoms with Crippen LogP contribution in [-0.4, -0.2) is 10.6 Å². The molecule has 0 fully saturated rings. The number of rotatable bonds is 3. The number of nitro benzene ring substituents is 1. The fourth-order valence-electron chi connectivity index (χ4n) is 3.11. The van der Waals surface area contributed by atoms with Gasteiger partial charge in [-0.2, -0.15) is 5.10 Å². The molecule has 1 aliphatic heterocycles. The van der Waals surface area contributed by atoms with Crippen molar-refractivity contribution in [1.82, 2.24) is 5.43 Å². The third kappa shape index (κ3) is 2.50. The SMILES string of the molecule is O=[N+]([O-])c1ccc(C2CC(c3cccc4ccccc34)=NN2)cc1. The number of nitro groups is 1. The highest BCUT2D eigenvalue weighted by molar-refractivity contribution is 6.11. The van der Waals surface area contributed by atoms with Crippen molar-refractivity contribution < 1.29 is 4.92 Å². The summed E-state index contributed by atoms with van der Waals surface area (Å²) in [5, 5.41) is 17.6. The van der Waals surface area contributed by atoms with Gasteiger partial charge in [-0.25, -0.2) is 0 Å². The van der Waals surface area contributed by atoms with Crippen molar-refractivity contribution >= 4 is 22.2 Å². The number of nitrogens with zero attached hydrogens (tertiary/aromatic N) is 2. The topological polar surface area (TPSA) is 67.5 Å². The zero-order valence-electron chi connectivity index (χ0n) is 12.8. The lowest BCUT2D eigenvalue weighted by Gasteiger charge is -2.10. The molecule has 1 N–H and O–H groups in total. The summed E-state index contributed by atoms with van der Waals surface area (Å²) in [6, 6.07) is 21.2. The monoisotopic (exact) mass is 317 g/mol. The van der Waals surface area contributed by atoms with E-state index in [1.165, 1.54) is 22.9 Å². The Bertz CT molecular complexity index is 943. The van der Waals surface area contributed by atoms with Gasteiger partial charge < -0.3 is 5.43 Å². The molecule has 0 radical (unpaired) electrons. The Kier molecular flexibility index (Phi) is 3.46. The number of benzene rings is 3. The smallest absolute Gasteiger partial charge is 0.269 e. The molecule has 5 nitrogen and oxygen atoms in total. The Morgan fingerprint density at radius 2 is 1.75 bits per heavy atom. The van der Waals surface area contributed by atoms with Crippen molar-refractivity contribution in [3.8, 4) is 0 Å². The van der Waals surface area contributed by atoms with Gasteiger partial charge in [0.05, 0.1) is 16.7 Å². The second-order valence-corrected chi connectivity index (χ2v) is 5.82. The average molecular weight is 317 g/mol. The van der Waals surface area contributed by atoms with Crippen LogP contribution in [0.1, 0.15) is 23.6 Å². The molecule has 4 rings (SSSR count). The van der Waals surface area contributed by atoms with Gasteiger partial charge in [0.15, 0.2) is 0 Å². The van der Waals surface area contributed by atoms with Crippen LogP contribution in [0.2, 0.25) is 0 Å². The van der Waals surface area contributed by atoms with Crippen LogP contribution in [0.25, 0.3) is 10.8 Å². The van der Waals surface area contributed by atoms with Crippen molar-refractivity contribution in [2.24, 2.45) is 5.10 Å². The van der Waals surface area contributed by atoms with E-state index < -0.39 is 0 Å². The zero-order valence-corrected chi connectivity index (χ0v) is 12.8. The first-order valence-electron chi connectivity index (χ1n) is 7.77. The molecule has 1 unspecified atom stereocenters. The molecule has 0 saturated heterocycles. The Hall–Kier alpha value is -3.21. The minimum Gasteiger partial charge on any atom is -0.302 e. The van der Waals surface area contributed by atoms with Crippen LogP contribution in [-0.2, 0) is 0 Å². The first-order valence-corrected chi connectivity index (χ1v) is 7.77. The molecule has 3 aromatic rings. The lowest BCUT2D eigenvalue weighted by molar-refractivity contribution is -0.384. The van der Waals surface area contributed by atoms with Gasteiger partial charge in [0.25, 0.3) is 5.69 Å². The summed E-state index contributed by atoms with van der Waals surface area (Å²) in [4.78, 5) is 10.4. The van der Waals surface area contributed by atoms with Crippen LogP contribution in [0.4, 0.5) is 5.69 Å². The maximum absolute atomic E-state index is 10.8. The maximum Gasteiger partial charge on any atom is 0.269 e. The van der Waals surface area contributed by atoms with E-state index in [9.17, 15) is 10.1 Å². The van der Waals surface area contributed by atoms with Crippen molar-refractivity contribution in [1.29, 1.82) is 0 Å². The Balaban J connectivity index is 1.60.